The van der Waals surface area contributed by atoms with Crippen molar-refractivity contribution in [1.29, 1.82) is 0 Å². The van der Waals surface area contributed by atoms with Gasteiger partial charge in [0.25, 0.3) is 0 Å². The van der Waals surface area contributed by atoms with E-state index in [-0.39, 0.29) is 13.2 Å². The molecule has 1 saturated heterocycles. The van der Waals surface area contributed by atoms with Gasteiger partial charge in [-0.1, -0.05) is 12.1 Å². The van der Waals surface area contributed by atoms with Crippen molar-refractivity contribution in [3.8, 4) is 0 Å². The van der Waals surface area contributed by atoms with Crippen LogP contribution >= 0.6 is 0 Å². The fourth-order valence-corrected chi connectivity index (χ4v) is 3.02. The second-order valence-corrected chi connectivity index (χ2v) is 6.77. The fourth-order valence-electron chi connectivity index (χ4n) is 3.02. The average molecular weight is 386 g/mol. The van der Waals surface area contributed by atoms with Crippen LogP contribution in [0, 0.1) is 5.92 Å². The zero-order valence-corrected chi connectivity index (χ0v) is 15.7. The van der Waals surface area contributed by atoms with E-state index < -0.39 is 12.6 Å². The molecule has 1 fully saturated rings. The molecule has 0 aromatic heterocycles. The van der Waals surface area contributed by atoms with Crippen LogP contribution < -0.4 is 15.5 Å². The van der Waals surface area contributed by atoms with Crippen LogP contribution in [0.2, 0.25) is 0 Å². The highest BCUT2D eigenvalue weighted by Gasteiger charge is 2.26. The van der Waals surface area contributed by atoms with Crippen LogP contribution in [0.25, 0.3) is 0 Å². The van der Waals surface area contributed by atoms with Crippen LogP contribution in [0.1, 0.15) is 31.7 Å². The van der Waals surface area contributed by atoms with Crippen molar-refractivity contribution in [2.45, 2.75) is 38.9 Å². The monoisotopic (exact) mass is 386 g/mol. The lowest BCUT2D eigenvalue weighted by Gasteiger charge is -2.32. The zero-order valence-electron chi connectivity index (χ0n) is 15.7. The molecule has 1 aromatic rings. The first-order valence-corrected chi connectivity index (χ1v) is 9.45. The van der Waals surface area contributed by atoms with E-state index in [0.29, 0.717) is 25.0 Å². The molecular weight excluding hydrogens is 357 g/mol. The summed E-state index contributed by atoms with van der Waals surface area (Å²) in [5.41, 5.74) is 2.14. The Morgan fingerprint density at radius 3 is 2.41 bits per heavy atom. The second-order valence-electron chi connectivity index (χ2n) is 6.77. The first-order valence-electron chi connectivity index (χ1n) is 9.45. The largest absolute Gasteiger partial charge is 0.396 e. The summed E-state index contributed by atoms with van der Waals surface area (Å²) in [7, 11) is 0. The van der Waals surface area contributed by atoms with Crippen molar-refractivity contribution in [3.05, 3.63) is 29.8 Å². The van der Waals surface area contributed by atoms with Gasteiger partial charge in [-0.3, -0.25) is 0 Å². The molecule has 1 aliphatic rings. The Kier molecular flexibility index (Phi) is 8.22. The highest BCUT2D eigenvalue weighted by molar-refractivity contribution is 5.79. The highest BCUT2D eigenvalue weighted by Crippen LogP contribution is 2.23. The van der Waals surface area contributed by atoms with Gasteiger partial charge in [0.05, 0.1) is 13.0 Å². The Morgan fingerprint density at radius 2 is 1.85 bits per heavy atom. The molecule has 0 radical (unpaired) electrons. The second kappa shape index (κ2) is 10.4. The molecular formula is C19H29F3N4O. The standard InChI is InChI=1S/C19H29F3N4O/c1-2-23-18(24-10-9-19(20,21)22)25-13-15-3-5-17(6-4-15)26-11-7-16(14-27)8-12-26/h3-6,16,27H,2,7-14H2,1H3,(H2,23,24,25). The van der Waals surface area contributed by atoms with Gasteiger partial charge in [-0.05, 0) is 43.4 Å². The molecule has 27 heavy (non-hydrogen) atoms. The number of halogens is 3. The number of nitrogens with one attached hydrogen (secondary N) is 2. The van der Waals surface area contributed by atoms with Crippen LogP contribution in [-0.4, -0.2) is 50.0 Å². The van der Waals surface area contributed by atoms with Gasteiger partial charge in [0.15, 0.2) is 5.96 Å². The molecule has 1 aromatic carbocycles. The first-order chi connectivity index (χ1) is 12.9. The van der Waals surface area contributed by atoms with Crippen molar-refractivity contribution in [1.82, 2.24) is 10.6 Å². The normalized spacial score (nSPS) is 16.5. The summed E-state index contributed by atoms with van der Waals surface area (Å²) in [6.45, 7) is 4.80. The van der Waals surface area contributed by atoms with Crippen molar-refractivity contribution in [2.75, 3.05) is 37.7 Å². The van der Waals surface area contributed by atoms with Gasteiger partial charge >= 0.3 is 6.18 Å². The maximum Gasteiger partial charge on any atom is 0.390 e. The molecule has 0 unspecified atom stereocenters. The smallest absolute Gasteiger partial charge is 0.390 e. The molecule has 0 saturated carbocycles. The van der Waals surface area contributed by atoms with Gasteiger partial charge in [0.1, 0.15) is 0 Å². The Morgan fingerprint density at radius 1 is 1.19 bits per heavy atom. The van der Waals surface area contributed by atoms with E-state index in [1.807, 2.05) is 31.2 Å². The van der Waals surface area contributed by atoms with Gasteiger partial charge in [-0.25, -0.2) is 4.99 Å². The minimum Gasteiger partial charge on any atom is -0.396 e. The van der Waals surface area contributed by atoms with E-state index in [4.69, 9.17) is 0 Å². The molecule has 0 spiro atoms. The predicted octanol–water partition coefficient (Wildman–Crippen LogP) is 2.90. The van der Waals surface area contributed by atoms with Crippen molar-refractivity contribution < 1.29 is 18.3 Å². The number of benzene rings is 1. The molecule has 0 atom stereocenters. The Balaban J connectivity index is 1.87. The summed E-state index contributed by atoms with van der Waals surface area (Å²) in [5, 5.41) is 14.9. The SMILES string of the molecule is CCNC(=NCc1ccc(N2CCC(CO)CC2)cc1)NCCC(F)(F)F. The lowest BCUT2D eigenvalue weighted by Crippen LogP contribution is -2.38. The summed E-state index contributed by atoms with van der Waals surface area (Å²) in [5.74, 6) is 0.793. The van der Waals surface area contributed by atoms with Crippen molar-refractivity contribution in [3.63, 3.8) is 0 Å². The van der Waals surface area contributed by atoms with Gasteiger partial charge in [0.2, 0.25) is 0 Å². The first kappa shape index (κ1) is 21.3. The summed E-state index contributed by atoms with van der Waals surface area (Å²) < 4.78 is 36.8. The van der Waals surface area contributed by atoms with E-state index >= 15 is 0 Å². The van der Waals surface area contributed by atoms with Crippen molar-refractivity contribution >= 4 is 11.6 Å². The van der Waals surface area contributed by atoms with E-state index in [9.17, 15) is 18.3 Å². The van der Waals surface area contributed by atoms with Crippen LogP contribution in [0.5, 0.6) is 0 Å². The number of aliphatic hydroxyl groups is 1. The van der Waals surface area contributed by atoms with Gasteiger partial charge < -0.3 is 20.6 Å². The zero-order chi connectivity index (χ0) is 19.7. The van der Waals surface area contributed by atoms with E-state index in [0.717, 1.165) is 37.2 Å². The number of rotatable bonds is 7. The Labute approximate surface area is 158 Å². The molecule has 152 valence electrons. The molecule has 1 heterocycles. The lowest BCUT2D eigenvalue weighted by atomic mass is 9.97. The summed E-state index contributed by atoms with van der Waals surface area (Å²) in [4.78, 5) is 6.66. The lowest BCUT2D eigenvalue weighted by molar-refractivity contribution is -0.132. The Bertz CT molecular complexity index is 582. The van der Waals surface area contributed by atoms with Gasteiger partial charge in [-0.2, -0.15) is 13.2 Å². The van der Waals surface area contributed by atoms with Gasteiger partial charge in [0, 0.05) is 38.5 Å². The number of guanidine groups is 1. The Hall–Kier alpha value is -1.96. The molecule has 1 aliphatic heterocycles. The number of aliphatic hydroxyl groups excluding tert-OH is 1. The van der Waals surface area contributed by atoms with Crippen LogP contribution in [0.4, 0.5) is 18.9 Å². The quantitative estimate of drug-likeness (QED) is 0.498. The van der Waals surface area contributed by atoms with E-state index in [2.05, 4.69) is 20.5 Å². The fraction of sp³-hybridized carbons (Fsp3) is 0.632. The maximum absolute atomic E-state index is 12.3. The number of hydrogen-bond acceptors (Lipinski definition) is 3. The van der Waals surface area contributed by atoms with Crippen LogP contribution in [-0.2, 0) is 6.54 Å². The number of alkyl halides is 3. The molecule has 3 N–H and O–H groups in total. The van der Waals surface area contributed by atoms with Crippen molar-refractivity contribution in [2.24, 2.45) is 10.9 Å². The number of aliphatic imine (C=N–C) groups is 1. The molecule has 5 nitrogen and oxygen atoms in total. The number of nitrogens with zero attached hydrogens (tertiary/aromatic N) is 2. The summed E-state index contributed by atoms with van der Waals surface area (Å²) in [6.07, 6.45) is -3.07. The molecule has 8 heteroatoms. The third-order valence-electron chi connectivity index (χ3n) is 4.64. The summed E-state index contributed by atoms with van der Waals surface area (Å²) >= 11 is 0. The molecule has 0 bridgehead atoms. The van der Waals surface area contributed by atoms with E-state index in [1.54, 1.807) is 0 Å². The highest BCUT2D eigenvalue weighted by atomic mass is 19.4. The predicted molar refractivity (Wildman–Crippen MR) is 102 cm³/mol. The van der Waals surface area contributed by atoms with Crippen LogP contribution in [0.3, 0.4) is 0 Å². The third kappa shape index (κ3) is 7.66. The van der Waals surface area contributed by atoms with Crippen LogP contribution in [0.15, 0.2) is 29.3 Å². The van der Waals surface area contributed by atoms with E-state index in [1.165, 1.54) is 0 Å². The minimum absolute atomic E-state index is 0.196. The molecule has 2 rings (SSSR count). The minimum atomic E-state index is -4.17. The molecule has 0 aliphatic carbocycles. The average Bonchev–Trinajstić information content (AvgIpc) is 2.66. The third-order valence-corrected chi connectivity index (χ3v) is 4.64. The molecule has 0 amide bonds. The van der Waals surface area contributed by atoms with Gasteiger partial charge in [-0.15, -0.1) is 0 Å². The number of piperidine rings is 1. The summed E-state index contributed by atoms with van der Waals surface area (Å²) in [6, 6.07) is 8.09. The number of anilines is 1. The topological polar surface area (TPSA) is 59.9 Å². The maximum atomic E-state index is 12.3. The number of hydrogen-bond donors (Lipinski definition) is 3.